The van der Waals surface area contributed by atoms with Gasteiger partial charge in [0.05, 0.1) is 0 Å². The summed E-state index contributed by atoms with van der Waals surface area (Å²) in [6.07, 6.45) is 0.861. The first-order valence-electron chi connectivity index (χ1n) is 12.6. The van der Waals surface area contributed by atoms with E-state index in [1.807, 2.05) is 121 Å². The molecule has 0 unspecified atom stereocenters. The Labute approximate surface area is 217 Å². The van der Waals surface area contributed by atoms with Crippen LogP contribution in [0.2, 0.25) is 0 Å². The van der Waals surface area contributed by atoms with E-state index in [1.165, 1.54) is 0 Å². The molecule has 0 spiro atoms. The van der Waals surface area contributed by atoms with Gasteiger partial charge in [-0.25, -0.2) is 4.79 Å². The van der Waals surface area contributed by atoms with Crippen molar-refractivity contribution in [2.75, 3.05) is 6.54 Å². The molecular weight excluding hydrogens is 460 g/mol. The van der Waals surface area contributed by atoms with E-state index in [1.54, 1.807) is 4.90 Å². The Kier molecular flexibility index (Phi) is 7.31. The topological polar surface area (TPSA) is 58.6 Å². The van der Waals surface area contributed by atoms with Crippen LogP contribution in [0.1, 0.15) is 35.1 Å². The lowest BCUT2D eigenvalue weighted by molar-refractivity contribution is -0.126. The molecule has 5 rings (SSSR count). The van der Waals surface area contributed by atoms with Gasteiger partial charge in [0.2, 0.25) is 5.91 Å². The molecule has 5 nitrogen and oxygen atoms in total. The van der Waals surface area contributed by atoms with Gasteiger partial charge < -0.3 is 10.1 Å². The van der Waals surface area contributed by atoms with Crippen LogP contribution >= 0.6 is 0 Å². The summed E-state index contributed by atoms with van der Waals surface area (Å²) >= 11 is 0. The van der Waals surface area contributed by atoms with E-state index in [2.05, 4.69) is 5.32 Å². The molecule has 186 valence electrons. The summed E-state index contributed by atoms with van der Waals surface area (Å²) in [6, 6.07) is 38.9. The maximum Gasteiger partial charge on any atom is 0.410 e. The number of nitrogens with one attached hydrogen (secondary N) is 1. The van der Waals surface area contributed by atoms with E-state index in [-0.39, 0.29) is 12.5 Å². The van der Waals surface area contributed by atoms with Crippen molar-refractivity contribution in [3.63, 3.8) is 0 Å². The van der Waals surface area contributed by atoms with Gasteiger partial charge in [-0.2, -0.15) is 0 Å². The summed E-state index contributed by atoms with van der Waals surface area (Å²) in [5, 5.41) is 3.39. The van der Waals surface area contributed by atoms with Crippen molar-refractivity contribution < 1.29 is 14.3 Å². The fraction of sp³-hybridized carbons (Fsp3) is 0.188. The molecule has 1 atom stereocenters. The van der Waals surface area contributed by atoms with Gasteiger partial charge in [-0.3, -0.25) is 9.69 Å². The van der Waals surface area contributed by atoms with Crippen molar-refractivity contribution >= 4 is 12.0 Å². The van der Waals surface area contributed by atoms with Crippen molar-refractivity contribution in [3.05, 3.63) is 144 Å². The van der Waals surface area contributed by atoms with Crippen molar-refractivity contribution in [2.24, 2.45) is 0 Å². The van der Waals surface area contributed by atoms with E-state index >= 15 is 0 Å². The minimum Gasteiger partial charge on any atom is -0.445 e. The second-order valence-electron chi connectivity index (χ2n) is 9.23. The Morgan fingerprint density at radius 2 is 1.19 bits per heavy atom. The van der Waals surface area contributed by atoms with Crippen LogP contribution in [-0.4, -0.2) is 29.5 Å². The standard InChI is InChI=1S/C32H30N2O3/c35-30(29-22-13-23-34(29)31(36)37-24-25-14-5-1-6-15-25)33-32(26-16-7-2-8-17-26,27-18-9-3-10-19-27)28-20-11-4-12-21-28/h1-12,14-21,29H,13,22-24H2,(H,33,35)/t29-/m0/s1. The molecular formula is C32H30N2O3. The van der Waals surface area contributed by atoms with Crippen LogP contribution in [0.4, 0.5) is 4.79 Å². The van der Waals surface area contributed by atoms with Crippen molar-refractivity contribution in [3.8, 4) is 0 Å². The number of ether oxygens (including phenoxy) is 1. The quantitative estimate of drug-likeness (QED) is 0.328. The maximum atomic E-state index is 14.0. The fourth-order valence-electron chi connectivity index (χ4n) is 5.11. The number of rotatable bonds is 7. The van der Waals surface area contributed by atoms with Crippen LogP contribution in [0, 0.1) is 0 Å². The van der Waals surface area contributed by atoms with E-state index in [4.69, 9.17) is 4.74 Å². The fourth-order valence-corrected chi connectivity index (χ4v) is 5.11. The molecule has 1 N–H and O–H groups in total. The zero-order valence-electron chi connectivity index (χ0n) is 20.6. The van der Waals surface area contributed by atoms with Gasteiger partial charge in [-0.1, -0.05) is 121 Å². The number of benzene rings is 4. The lowest BCUT2D eigenvalue weighted by Gasteiger charge is -2.38. The third kappa shape index (κ3) is 5.12. The Morgan fingerprint density at radius 1 is 0.730 bits per heavy atom. The third-order valence-electron chi connectivity index (χ3n) is 6.93. The van der Waals surface area contributed by atoms with Gasteiger partial charge in [0, 0.05) is 6.54 Å². The van der Waals surface area contributed by atoms with E-state index in [0.29, 0.717) is 13.0 Å². The average Bonchev–Trinajstić information content (AvgIpc) is 3.47. The summed E-state index contributed by atoms with van der Waals surface area (Å²) < 4.78 is 5.58. The van der Waals surface area contributed by atoms with Crippen LogP contribution in [0.25, 0.3) is 0 Å². The summed E-state index contributed by atoms with van der Waals surface area (Å²) in [5.41, 5.74) is 2.81. The first-order valence-corrected chi connectivity index (χ1v) is 12.6. The Hall–Kier alpha value is -4.38. The van der Waals surface area contributed by atoms with Gasteiger partial charge in [-0.05, 0) is 35.1 Å². The summed E-state index contributed by atoms with van der Waals surface area (Å²) in [6.45, 7) is 0.660. The number of carbonyl (C=O) groups is 2. The summed E-state index contributed by atoms with van der Waals surface area (Å²) in [4.78, 5) is 28.6. The summed E-state index contributed by atoms with van der Waals surface area (Å²) in [5.74, 6) is -0.203. The zero-order chi connectivity index (χ0) is 25.5. The minimum atomic E-state index is -0.928. The Balaban J connectivity index is 1.47. The first kappa shape index (κ1) is 24.3. The van der Waals surface area contributed by atoms with Crippen LogP contribution in [-0.2, 0) is 21.7 Å². The minimum absolute atomic E-state index is 0.173. The number of hydrogen-bond donors (Lipinski definition) is 1. The van der Waals surface area contributed by atoms with Crippen molar-refractivity contribution in [1.29, 1.82) is 0 Å². The van der Waals surface area contributed by atoms with E-state index in [9.17, 15) is 9.59 Å². The second-order valence-corrected chi connectivity index (χ2v) is 9.23. The predicted molar refractivity (Wildman–Crippen MR) is 144 cm³/mol. The molecule has 0 bridgehead atoms. The summed E-state index contributed by atoms with van der Waals surface area (Å²) in [7, 11) is 0. The maximum absolute atomic E-state index is 14.0. The molecule has 0 radical (unpaired) electrons. The molecule has 1 aliphatic rings. The van der Waals surface area contributed by atoms with E-state index < -0.39 is 17.7 Å². The van der Waals surface area contributed by atoms with Crippen LogP contribution in [0.15, 0.2) is 121 Å². The van der Waals surface area contributed by atoms with Crippen LogP contribution in [0.5, 0.6) is 0 Å². The largest absolute Gasteiger partial charge is 0.445 e. The van der Waals surface area contributed by atoms with Gasteiger partial charge in [0.15, 0.2) is 0 Å². The van der Waals surface area contributed by atoms with Gasteiger partial charge in [0.1, 0.15) is 18.2 Å². The molecule has 5 heteroatoms. The first-order chi connectivity index (χ1) is 18.2. The lowest BCUT2D eigenvalue weighted by Crippen LogP contribution is -2.54. The number of amides is 2. The van der Waals surface area contributed by atoms with Gasteiger partial charge in [0.25, 0.3) is 0 Å². The van der Waals surface area contributed by atoms with Crippen LogP contribution in [0.3, 0.4) is 0 Å². The highest BCUT2D eigenvalue weighted by Gasteiger charge is 2.42. The number of nitrogens with zero attached hydrogens (tertiary/aromatic N) is 1. The normalized spacial score (nSPS) is 15.2. The number of likely N-dealkylation sites (tertiary alicyclic amines) is 1. The highest BCUT2D eigenvalue weighted by atomic mass is 16.6. The molecule has 4 aromatic carbocycles. The second kappa shape index (κ2) is 11.1. The van der Waals surface area contributed by atoms with Crippen molar-refractivity contribution in [1.82, 2.24) is 10.2 Å². The highest BCUT2D eigenvalue weighted by Crippen LogP contribution is 2.37. The van der Waals surface area contributed by atoms with E-state index in [0.717, 1.165) is 28.7 Å². The molecule has 0 aliphatic carbocycles. The number of hydrogen-bond acceptors (Lipinski definition) is 3. The molecule has 0 aromatic heterocycles. The van der Waals surface area contributed by atoms with Crippen LogP contribution < -0.4 is 5.32 Å². The molecule has 37 heavy (non-hydrogen) atoms. The molecule has 1 saturated heterocycles. The molecule has 2 amide bonds. The zero-order valence-corrected chi connectivity index (χ0v) is 20.6. The lowest BCUT2D eigenvalue weighted by atomic mass is 9.76. The molecule has 1 heterocycles. The average molecular weight is 491 g/mol. The van der Waals surface area contributed by atoms with Crippen molar-refractivity contribution in [2.45, 2.75) is 31.0 Å². The molecule has 1 aliphatic heterocycles. The smallest absolute Gasteiger partial charge is 0.410 e. The monoisotopic (exact) mass is 490 g/mol. The predicted octanol–water partition coefficient (Wildman–Crippen LogP) is 5.90. The van der Waals surface area contributed by atoms with Gasteiger partial charge in [-0.15, -0.1) is 0 Å². The SMILES string of the molecule is O=C(NC(c1ccccc1)(c1ccccc1)c1ccccc1)[C@@H]1CCCN1C(=O)OCc1ccccc1. The Morgan fingerprint density at radius 3 is 1.68 bits per heavy atom. The number of carbonyl (C=O) groups excluding carboxylic acids is 2. The van der Waals surface area contributed by atoms with Gasteiger partial charge >= 0.3 is 6.09 Å². The third-order valence-corrected chi connectivity index (χ3v) is 6.93. The highest BCUT2D eigenvalue weighted by molar-refractivity contribution is 5.88. The molecule has 4 aromatic rings. The molecule has 0 saturated carbocycles. The molecule has 1 fully saturated rings. The Bertz CT molecular complexity index is 1210.